The molecule has 4 nitrogen and oxygen atoms in total. The predicted molar refractivity (Wildman–Crippen MR) is 107 cm³/mol. The molecule has 1 aliphatic carbocycles. The van der Waals surface area contributed by atoms with Crippen molar-refractivity contribution in [1.82, 2.24) is 5.32 Å². The summed E-state index contributed by atoms with van der Waals surface area (Å²) in [5.41, 5.74) is 0.675. The van der Waals surface area contributed by atoms with Gasteiger partial charge in [-0.3, -0.25) is 4.79 Å². The lowest BCUT2D eigenvalue weighted by Crippen LogP contribution is -2.41. The van der Waals surface area contributed by atoms with E-state index < -0.39 is 0 Å². The fourth-order valence-corrected chi connectivity index (χ4v) is 3.73. The number of hydrogen-bond acceptors (Lipinski definition) is 3. The van der Waals surface area contributed by atoms with Gasteiger partial charge in [-0.25, -0.2) is 0 Å². The first-order valence-corrected chi connectivity index (χ1v) is 9.72. The Hall–Kier alpha value is -2.22. The van der Waals surface area contributed by atoms with Crippen molar-refractivity contribution < 1.29 is 9.21 Å². The van der Waals surface area contributed by atoms with Crippen LogP contribution >= 0.6 is 23.2 Å². The molecule has 1 aromatic carbocycles. The van der Waals surface area contributed by atoms with Gasteiger partial charge in [0.15, 0.2) is 0 Å². The van der Waals surface area contributed by atoms with Gasteiger partial charge in [-0.1, -0.05) is 49.0 Å². The van der Waals surface area contributed by atoms with Crippen molar-refractivity contribution >= 4 is 35.2 Å². The third-order valence-corrected chi connectivity index (χ3v) is 5.74. The van der Waals surface area contributed by atoms with E-state index in [0.29, 0.717) is 33.0 Å². The molecule has 0 saturated heterocycles. The molecular weight excluding hydrogens is 383 g/mol. The molecular formula is C21H20Cl2N2O2. The molecule has 1 saturated carbocycles. The molecule has 0 aliphatic heterocycles. The Morgan fingerprint density at radius 3 is 2.78 bits per heavy atom. The van der Waals surface area contributed by atoms with E-state index in [4.69, 9.17) is 27.6 Å². The van der Waals surface area contributed by atoms with E-state index in [1.165, 1.54) is 12.5 Å². The van der Waals surface area contributed by atoms with Crippen molar-refractivity contribution in [2.45, 2.75) is 38.6 Å². The molecule has 6 heteroatoms. The highest BCUT2D eigenvalue weighted by Crippen LogP contribution is 2.34. The lowest BCUT2D eigenvalue weighted by Gasteiger charge is -2.29. The number of nitrogens with one attached hydrogen (secondary N) is 1. The molecule has 0 spiro atoms. The monoisotopic (exact) mass is 402 g/mol. The molecule has 1 heterocycles. The van der Waals surface area contributed by atoms with Crippen LogP contribution in [0.1, 0.15) is 38.4 Å². The SMILES string of the molecule is C[C@H]1CCCC[C@@H]1NC(=O)/C(C#N)=C/c1ccc(-c2cccc(Cl)c2Cl)o1. The lowest BCUT2D eigenvalue weighted by atomic mass is 9.86. The standard InChI is InChI=1S/C21H20Cl2N2O2/c1-13-5-2-3-8-18(13)25-21(26)14(12-24)11-15-9-10-19(27-15)16-6-4-7-17(22)20(16)23/h4,6-7,9-11,13,18H,2-3,5,8H2,1H3,(H,25,26)/b14-11+/t13-,18-/m0/s1. The van der Waals surface area contributed by atoms with Crippen LogP contribution in [0.2, 0.25) is 10.0 Å². The van der Waals surface area contributed by atoms with Gasteiger partial charge in [0.05, 0.1) is 10.0 Å². The maximum atomic E-state index is 12.5. The number of nitriles is 1. The fraction of sp³-hybridized carbons (Fsp3) is 0.333. The van der Waals surface area contributed by atoms with Gasteiger partial charge in [0.2, 0.25) is 0 Å². The number of hydrogen-bond donors (Lipinski definition) is 1. The zero-order valence-corrected chi connectivity index (χ0v) is 16.5. The molecule has 1 fully saturated rings. The van der Waals surface area contributed by atoms with Crippen molar-refractivity contribution in [3.8, 4) is 17.4 Å². The molecule has 1 aromatic heterocycles. The van der Waals surface area contributed by atoms with Gasteiger partial charge < -0.3 is 9.73 Å². The highest BCUT2D eigenvalue weighted by molar-refractivity contribution is 6.43. The van der Waals surface area contributed by atoms with Crippen molar-refractivity contribution in [2.75, 3.05) is 0 Å². The molecule has 3 rings (SSSR count). The Bertz CT molecular complexity index is 911. The Labute approximate surface area is 168 Å². The first kappa shape index (κ1) is 19.5. The minimum atomic E-state index is -0.366. The number of benzene rings is 1. The van der Waals surface area contributed by atoms with E-state index in [9.17, 15) is 10.1 Å². The van der Waals surface area contributed by atoms with Crippen molar-refractivity contribution in [3.63, 3.8) is 0 Å². The summed E-state index contributed by atoms with van der Waals surface area (Å²) < 4.78 is 5.75. The van der Waals surface area contributed by atoms with Crippen LogP contribution in [0.4, 0.5) is 0 Å². The van der Waals surface area contributed by atoms with Crippen LogP contribution in [-0.2, 0) is 4.79 Å². The van der Waals surface area contributed by atoms with Crippen LogP contribution in [0.3, 0.4) is 0 Å². The predicted octanol–water partition coefficient (Wildman–Crippen LogP) is 5.86. The molecule has 1 N–H and O–H groups in total. The average molecular weight is 403 g/mol. The Kier molecular flexibility index (Phi) is 6.26. The molecule has 27 heavy (non-hydrogen) atoms. The molecule has 0 unspecified atom stereocenters. The van der Waals surface area contributed by atoms with E-state index in [-0.39, 0.29) is 17.5 Å². The van der Waals surface area contributed by atoms with Gasteiger partial charge in [-0.05, 0) is 43.0 Å². The van der Waals surface area contributed by atoms with Gasteiger partial charge in [0.25, 0.3) is 5.91 Å². The summed E-state index contributed by atoms with van der Waals surface area (Å²) in [6.07, 6.45) is 5.78. The third kappa shape index (κ3) is 4.55. The number of halogens is 2. The molecule has 0 bridgehead atoms. The van der Waals surface area contributed by atoms with E-state index in [1.54, 1.807) is 30.3 Å². The molecule has 0 radical (unpaired) electrons. The Balaban J connectivity index is 1.78. The van der Waals surface area contributed by atoms with Crippen LogP contribution < -0.4 is 5.32 Å². The van der Waals surface area contributed by atoms with E-state index in [1.807, 2.05) is 6.07 Å². The minimum Gasteiger partial charge on any atom is -0.457 e. The highest BCUT2D eigenvalue weighted by Gasteiger charge is 2.24. The smallest absolute Gasteiger partial charge is 0.262 e. The molecule has 140 valence electrons. The van der Waals surface area contributed by atoms with Gasteiger partial charge in [-0.15, -0.1) is 0 Å². The Morgan fingerprint density at radius 1 is 1.26 bits per heavy atom. The summed E-state index contributed by atoms with van der Waals surface area (Å²) in [5.74, 6) is 0.981. The van der Waals surface area contributed by atoms with Gasteiger partial charge >= 0.3 is 0 Å². The zero-order chi connectivity index (χ0) is 19.4. The van der Waals surface area contributed by atoms with Gasteiger partial charge in [0, 0.05) is 17.7 Å². The highest BCUT2D eigenvalue weighted by atomic mass is 35.5. The third-order valence-electron chi connectivity index (χ3n) is 4.92. The van der Waals surface area contributed by atoms with Crippen molar-refractivity contribution in [3.05, 3.63) is 51.7 Å². The quantitative estimate of drug-likeness (QED) is 0.514. The van der Waals surface area contributed by atoms with E-state index in [0.717, 1.165) is 19.3 Å². The number of carbonyl (C=O) groups is 1. The van der Waals surface area contributed by atoms with Crippen molar-refractivity contribution in [2.24, 2.45) is 5.92 Å². The molecule has 1 aliphatic rings. The van der Waals surface area contributed by atoms with Crippen molar-refractivity contribution in [1.29, 1.82) is 5.26 Å². The maximum Gasteiger partial charge on any atom is 0.262 e. The maximum absolute atomic E-state index is 12.5. The number of rotatable bonds is 4. The van der Waals surface area contributed by atoms with Crippen LogP contribution in [0.25, 0.3) is 17.4 Å². The van der Waals surface area contributed by atoms with E-state index >= 15 is 0 Å². The van der Waals surface area contributed by atoms with Gasteiger partial charge in [0.1, 0.15) is 23.2 Å². The van der Waals surface area contributed by atoms with Crippen LogP contribution in [0.15, 0.2) is 40.3 Å². The van der Waals surface area contributed by atoms with Crippen LogP contribution in [-0.4, -0.2) is 11.9 Å². The summed E-state index contributed by atoms with van der Waals surface area (Å²) in [6.45, 7) is 2.13. The average Bonchev–Trinajstić information content (AvgIpc) is 3.12. The topological polar surface area (TPSA) is 66.0 Å². The molecule has 2 aromatic rings. The summed E-state index contributed by atoms with van der Waals surface area (Å²) in [5, 5.41) is 13.2. The van der Waals surface area contributed by atoms with Crippen LogP contribution in [0, 0.1) is 17.2 Å². The zero-order valence-electron chi connectivity index (χ0n) is 15.0. The van der Waals surface area contributed by atoms with E-state index in [2.05, 4.69) is 12.2 Å². The molecule has 1 amide bonds. The normalized spacial score (nSPS) is 20.1. The Morgan fingerprint density at radius 2 is 2.04 bits per heavy atom. The largest absolute Gasteiger partial charge is 0.457 e. The number of amides is 1. The number of furan rings is 1. The number of carbonyl (C=O) groups excluding carboxylic acids is 1. The first-order chi connectivity index (χ1) is 13.0. The number of nitrogens with zero attached hydrogens (tertiary/aromatic N) is 1. The fourth-order valence-electron chi connectivity index (χ4n) is 3.34. The summed E-state index contributed by atoms with van der Waals surface area (Å²) >= 11 is 12.3. The summed E-state index contributed by atoms with van der Waals surface area (Å²) in [4.78, 5) is 12.5. The minimum absolute atomic E-state index is 0.0193. The second-order valence-electron chi connectivity index (χ2n) is 6.81. The molecule has 2 atom stereocenters. The second kappa shape index (κ2) is 8.65. The first-order valence-electron chi connectivity index (χ1n) is 8.96. The van der Waals surface area contributed by atoms with Crippen LogP contribution in [0.5, 0.6) is 0 Å². The summed E-state index contributed by atoms with van der Waals surface area (Å²) in [7, 11) is 0. The lowest BCUT2D eigenvalue weighted by molar-refractivity contribution is -0.118. The second-order valence-corrected chi connectivity index (χ2v) is 7.60. The van der Waals surface area contributed by atoms with Gasteiger partial charge in [-0.2, -0.15) is 5.26 Å². The summed E-state index contributed by atoms with van der Waals surface area (Å²) in [6, 6.07) is 10.8.